The predicted octanol–water partition coefficient (Wildman–Crippen LogP) is 2.13. The molecular weight excluding hydrogens is 454 g/mol. The van der Waals surface area contributed by atoms with Crippen LogP contribution in [0, 0.1) is 5.92 Å². The zero-order valence-corrected chi connectivity index (χ0v) is 17.6. The monoisotopic (exact) mass is 473 g/mol. The van der Waals surface area contributed by atoms with Crippen LogP contribution in [0.1, 0.15) is 18.5 Å². The SMILES string of the molecule is CS(=O)(=O)NCC1CN(c2cc(-c3cnc4ccc(C(F)F)nn34)ncn2)CC(F)(F)C1. The number of nitrogens with one attached hydrogen (secondary N) is 1. The first kappa shape index (κ1) is 22.3. The normalized spacial score (nSPS) is 19.1. The second-order valence-electron chi connectivity index (χ2n) is 7.66. The molecule has 0 aliphatic carbocycles. The van der Waals surface area contributed by atoms with Gasteiger partial charge in [0.05, 0.1) is 24.7 Å². The number of anilines is 1. The van der Waals surface area contributed by atoms with Crippen LogP contribution in [0.5, 0.6) is 0 Å². The van der Waals surface area contributed by atoms with E-state index in [4.69, 9.17) is 0 Å². The fraction of sp³-hybridized carbons (Fsp3) is 0.444. The van der Waals surface area contributed by atoms with Gasteiger partial charge in [-0.1, -0.05) is 0 Å². The molecule has 0 bridgehead atoms. The number of halogens is 4. The first-order chi connectivity index (χ1) is 15.0. The van der Waals surface area contributed by atoms with Gasteiger partial charge in [-0.25, -0.2) is 50.2 Å². The maximum Gasteiger partial charge on any atom is 0.282 e. The number of rotatable bonds is 6. The van der Waals surface area contributed by atoms with Crippen molar-refractivity contribution in [3.05, 3.63) is 36.4 Å². The van der Waals surface area contributed by atoms with E-state index in [1.54, 1.807) is 0 Å². The molecule has 9 nitrogen and oxygen atoms in total. The summed E-state index contributed by atoms with van der Waals surface area (Å²) in [4.78, 5) is 13.7. The van der Waals surface area contributed by atoms with Crippen molar-refractivity contribution in [3.8, 4) is 11.4 Å². The average Bonchev–Trinajstić information content (AvgIpc) is 3.14. The van der Waals surface area contributed by atoms with Crippen LogP contribution in [0.25, 0.3) is 17.0 Å². The molecule has 0 aromatic carbocycles. The first-order valence-corrected chi connectivity index (χ1v) is 11.4. The molecule has 32 heavy (non-hydrogen) atoms. The molecule has 1 saturated heterocycles. The Morgan fingerprint density at radius 3 is 2.75 bits per heavy atom. The van der Waals surface area contributed by atoms with E-state index < -0.39 is 46.9 Å². The lowest BCUT2D eigenvalue weighted by molar-refractivity contribution is -0.0284. The molecule has 0 amide bonds. The number of piperidine rings is 1. The molecule has 1 N–H and O–H groups in total. The van der Waals surface area contributed by atoms with Gasteiger partial charge in [-0.2, -0.15) is 5.10 Å². The summed E-state index contributed by atoms with van der Waals surface area (Å²) < 4.78 is 81.0. The Morgan fingerprint density at radius 2 is 2.03 bits per heavy atom. The summed E-state index contributed by atoms with van der Waals surface area (Å²) in [5, 5.41) is 3.88. The van der Waals surface area contributed by atoms with Crippen molar-refractivity contribution >= 4 is 21.5 Å². The van der Waals surface area contributed by atoms with Crippen molar-refractivity contribution in [2.24, 2.45) is 5.92 Å². The zero-order chi connectivity index (χ0) is 23.1. The van der Waals surface area contributed by atoms with Crippen molar-refractivity contribution in [2.45, 2.75) is 18.8 Å². The third-order valence-corrected chi connectivity index (χ3v) is 5.66. The van der Waals surface area contributed by atoms with Gasteiger partial charge in [0.15, 0.2) is 5.65 Å². The highest BCUT2D eigenvalue weighted by Gasteiger charge is 2.41. The lowest BCUT2D eigenvalue weighted by Crippen LogP contribution is -2.50. The molecule has 0 spiro atoms. The molecule has 3 aromatic heterocycles. The number of sulfonamides is 1. The average molecular weight is 473 g/mol. The van der Waals surface area contributed by atoms with Crippen LogP contribution >= 0.6 is 0 Å². The summed E-state index contributed by atoms with van der Waals surface area (Å²) in [7, 11) is -3.52. The van der Waals surface area contributed by atoms with E-state index in [1.807, 2.05) is 0 Å². The van der Waals surface area contributed by atoms with E-state index in [-0.39, 0.29) is 24.6 Å². The van der Waals surface area contributed by atoms with E-state index in [1.165, 1.54) is 40.1 Å². The van der Waals surface area contributed by atoms with Crippen LogP contribution in [0.4, 0.5) is 23.4 Å². The fourth-order valence-corrected chi connectivity index (χ4v) is 4.16. The lowest BCUT2D eigenvalue weighted by atomic mass is 9.95. The van der Waals surface area contributed by atoms with Crippen molar-refractivity contribution in [3.63, 3.8) is 0 Å². The van der Waals surface area contributed by atoms with Gasteiger partial charge in [0, 0.05) is 25.6 Å². The molecule has 1 fully saturated rings. The Kier molecular flexibility index (Phi) is 5.75. The van der Waals surface area contributed by atoms with E-state index in [9.17, 15) is 26.0 Å². The Bertz CT molecular complexity index is 1240. The van der Waals surface area contributed by atoms with E-state index in [0.717, 1.165) is 6.26 Å². The maximum absolute atomic E-state index is 14.4. The molecule has 3 aromatic rings. The number of alkyl halides is 4. The number of aromatic nitrogens is 5. The predicted molar refractivity (Wildman–Crippen MR) is 107 cm³/mol. The molecule has 4 heterocycles. The number of hydrogen-bond acceptors (Lipinski definition) is 7. The number of nitrogens with zero attached hydrogens (tertiary/aromatic N) is 6. The standard InChI is InChI=1S/C18H19F4N7O2S/c1-32(30,31)26-6-11-5-18(21,22)9-28(8-11)16-4-13(24-10-25-16)14-7-23-15-3-2-12(17(19)20)27-29(14)15/h2-4,7,10-11,17,26H,5-6,8-9H2,1H3. The van der Waals surface area contributed by atoms with Crippen LogP contribution < -0.4 is 9.62 Å². The smallest absolute Gasteiger partial charge is 0.282 e. The highest BCUT2D eigenvalue weighted by atomic mass is 32.2. The summed E-state index contributed by atoms with van der Waals surface area (Å²) in [6.45, 7) is -0.578. The Morgan fingerprint density at radius 1 is 1.25 bits per heavy atom. The van der Waals surface area contributed by atoms with Crippen LogP contribution in [0.2, 0.25) is 0 Å². The third-order valence-electron chi connectivity index (χ3n) is 4.97. The molecule has 1 unspecified atom stereocenters. The maximum atomic E-state index is 14.4. The molecular formula is C18H19F4N7O2S. The zero-order valence-electron chi connectivity index (χ0n) is 16.8. The van der Waals surface area contributed by atoms with Crippen molar-refractivity contribution in [2.75, 3.05) is 30.8 Å². The summed E-state index contributed by atoms with van der Waals surface area (Å²) in [6.07, 6.45) is 0.303. The Labute approximate surface area is 180 Å². The van der Waals surface area contributed by atoms with Crippen LogP contribution in [-0.2, 0) is 10.0 Å². The molecule has 14 heteroatoms. The highest BCUT2D eigenvalue weighted by Crippen LogP contribution is 2.33. The van der Waals surface area contributed by atoms with Crippen LogP contribution in [-0.4, -0.2) is 64.8 Å². The van der Waals surface area contributed by atoms with Gasteiger partial charge in [-0.05, 0) is 18.1 Å². The van der Waals surface area contributed by atoms with Crippen LogP contribution in [0.3, 0.4) is 0 Å². The molecule has 0 saturated carbocycles. The second kappa shape index (κ2) is 8.24. The Hall–Kier alpha value is -2.87. The quantitative estimate of drug-likeness (QED) is 0.547. The largest absolute Gasteiger partial charge is 0.350 e. The summed E-state index contributed by atoms with van der Waals surface area (Å²) in [5.74, 6) is -3.50. The minimum absolute atomic E-state index is 0.129. The number of hydrogen-bond donors (Lipinski definition) is 1. The molecule has 4 rings (SSSR count). The molecule has 0 radical (unpaired) electrons. The van der Waals surface area contributed by atoms with Crippen molar-refractivity contribution in [1.29, 1.82) is 0 Å². The topological polar surface area (TPSA) is 105 Å². The van der Waals surface area contributed by atoms with Gasteiger partial charge in [-0.3, -0.25) is 0 Å². The molecule has 1 aliphatic heterocycles. The fourth-order valence-electron chi connectivity index (χ4n) is 3.63. The molecule has 1 aliphatic rings. The van der Waals surface area contributed by atoms with Gasteiger partial charge in [0.1, 0.15) is 23.5 Å². The molecule has 172 valence electrons. The minimum Gasteiger partial charge on any atom is -0.350 e. The Balaban J connectivity index is 1.64. The number of fused-ring (bicyclic) bond motifs is 1. The van der Waals surface area contributed by atoms with Gasteiger partial charge < -0.3 is 4.90 Å². The lowest BCUT2D eigenvalue weighted by Gasteiger charge is -2.38. The van der Waals surface area contributed by atoms with Crippen molar-refractivity contribution < 1.29 is 26.0 Å². The van der Waals surface area contributed by atoms with Crippen molar-refractivity contribution in [1.82, 2.24) is 29.3 Å². The van der Waals surface area contributed by atoms with E-state index in [2.05, 4.69) is 24.8 Å². The van der Waals surface area contributed by atoms with Gasteiger partial charge in [0.2, 0.25) is 10.0 Å². The second-order valence-corrected chi connectivity index (χ2v) is 9.49. The minimum atomic E-state index is -3.52. The van der Waals surface area contributed by atoms with E-state index >= 15 is 0 Å². The van der Waals surface area contributed by atoms with Crippen LogP contribution in [0.15, 0.2) is 30.7 Å². The summed E-state index contributed by atoms with van der Waals surface area (Å²) >= 11 is 0. The summed E-state index contributed by atoms with van der Waals surface area (Å²) in [5.41, 5.74) is 0.440. The van der Waals surface area contributed by atoms with E-state index in [0.29, 0.717) is 11.3 Å². The van der Waals surface area contributed by atoms with Gasteiger partial charge in [0.25, 0.3) is 12.3 Å². The summed E-state index contributed by atoms with van der Waals surface area (Å²) in [6, 6.07) is 4.01. The first-order valence-electron chi connectivity index (χ1n) is 9.53. The number of imidazole rings is 1. The van der Waals surface area contributed by atoms with Gasteiger partial charge >= 0.3 is 0 Å². The highest BCUT2D eigenvalue weighted by molar-refractivity contribution is 7.88. The molecule has 1 atom stereocenters. The van der Waals surface area contributed by atoms with Gasteiger partial charge in [-0.15, -0.1) is 0 Å². The third kappa shape index (κ3) is 4.96.